The SMILES string of the molecule is Cc1ccccc1N1CCN2CCNCC2C1. The number of aryl methyl sites for hydroxylation is 1. The summed E-state index contributed by atoms with van der Waals surface area (Å²) in [6, 6.07) is 9.42. The molecule has 17 heavy (non-hydrogen) atoms. The Morgan fingerprint density at radius 1 is 1.18 bits per heavy atom. The van der Waals surface area contributed by atoms with Crippen LogP contribution in [0.4, 0.5) is 5.69 Å². The third-order valence-electron chi connectivity index (χ3n) is 4.02. The highest BCUT2D eigenvalue weighted by Gasteiger charge is 2.29. The zero-order chi connectivity index (χ0) is 11.7. The third-order valence-corrected chi connectivity index (χ3v) is 4.02. The van der Waals surface area contributed by atoms with Gasteiger partial charge in [-0.3, -0.25) is 4.90 Å². The molecule has 0 aromatic heterocycles. The minimum atomic E-state index is 0.692. The van der Waals surface area contributed by atoms with Gasteiger partial charge in [-0.05, 0) is 18.6 Å². The van der Waals surface area contributed by atoms with Gasteiger partial charge in [-0.15, -0.1) is 0 Å². The number of hydrogen-bond donors (Lipinski definition) is 1. The molecular weight excluding hydrogens is 210 g/mol. The number of fused-ring (bicyclic) bond motifs is 1. The molecule has 3 nitrogen and oxygen atoms in total. The quantitative estimate of drug-likeness (QED) is 0.780. The number of hydrogen-bond acceptors (Lipinski definition) is 3. The summed E-state index contributed by atoms with van der Waals surface area (Å²) in [6.45, 7) is 9.26. The van der Waals surface area contributed by atoms with Crippen LogP contribution in [0.2, 0.25) is 0 Å². The Kier molecular flexibility index (Phi) is 3.04. The van der Waals surface area contributed by atoms with Gasteiger partial charge < -0.3 is 10.2 Å². The van der Waals surface area contributed by atoms with Crippen LogP contribution in [0, 0.1) is 6.92 Å². The number of nitrogens with one attached hydrogen (secondary N) is 1. The van der Waals surface area contributed by atoms with Crippen LogP contribution < -0.4 is 10.2 Å². The van der Waals surface area contributed by atoms with E-state index in [1.165, 1.54) is 30.9 Å². The lowest BCUT2D eigenvalue weighted by atomic mass is 10.1. The third kappa shape index (κ3) is 2.17. The van der Waals surface area contributed by atoms with Gasteiger partial charge in [0.15, 0.2) is 0 Å². The first-order valence-electron chi connectivity index (χ1n) is 6.60. The van der Waals surface area contributed by atoms with Gasteiger partial charge >= 0.3 is 0 Å². The first kappa shape index (κ1) is 11.1. The van der Waals surface area contributed by atoms with Crippen LogP contribution in [0.15, 0.2) is 24.3 Å². The summed E-state index contributed by atoms with van der Waals surface area (Å²) in [5.74, 6) is 0. The Morgan fingerprint density at radius 3 is 2.94 bits per heavy atom. The Bertz CT molecular complexity index is 391. The van der Waals surface area contributed by atoms with E-state index in [-0.39, 0.29) is 0 Å². The summed E-state index contributed by atoms with van der Waals surface area (Å²) >= 11 is 0. The zero-order valence-corrected chi connectivity index (χ0v) is 10.5. The van der Waals surface area contributed by atoms with E-state index < -0.39 is 0 Å². The molecule has 0 bridgehead atoms. The molecule has 1 aromatic rings. The molecule has 1 atom stereocenters. The fraction of sp³-hybridized carbons (Fsp3) is 0.571. The summed E-state index contributed by atoms with van der Waals surface area (Å²) in [7, 11) is 0. The fourth-order valence-electron chi connectivity index (χ4n) is 3.01. The lowest BCUT2D eigenvalue weighted by Gasteiger charge is -2.45. The van der Waals surface area contributed by atoms with Gasteiger partial charge in [0.25, 0.3) is 0 Å². The van der Waals surface area contributed by atoms with Crippen LogP contribution in [-0.4, -0.2) is 50.2 Å². The highest BCUT2D eigenvalue weighted by atomic mass is 15.3. The van der Waals surface area contributed by atoms with E-state index in [2.05, 4.69) is 46.3 Å². The van der Waals surface area contributed by atoms with Crippen LogP contribution in [0.25, 0.3) is 0 Å². The first-order chi connectivity index (χ1) is 8.34. The van der Waals surface area contributed by atoms with Crippen molar-refractivity contribution in [2.45, 2.75) is 13.0 Å². The highest BCUT2D eigenvalue weighted by Crippen LogP contribution is 2.23. The van der Waals surface area contributed by atoms with E-state index in [4.69, 9.17) is 0 Å². The number of piperazine rings is 2. The van der Waals surface area contributed by atoms with Gasteiger partial charge in [-0.2, -0.15) is 0 Å². The van der Waals surface area contributed by atoms with Gasteiger partial charge in [0, 0.05) is 51.0 Å². The second-order valence-corrected chi connectivity index (χ2v) is 5.13. The molecule has 0 amide bonds. The summed E-state index contributed by atoms with van der Waals surface area (Å²) in [5.41, 5.74) is 2.81. The minimum Gasteiger partial charge on any atom is -0.368 e. The van der Waals surface area contributed by atoms with Crippen LogP contribution >= 0.6 is 0 Å². The molecular formula is C14H21N3. The van der Waals surface area contributed by atoms with Crippen LogP contribution in [0.3, 0.4) is 0 Å². The van der Waals surface area contributed by atoms with Crippen molar-refractivity contribution < 1.29 is 0 Å². The van der Waals surface area contributed by atoms with E-state index >= 15 is 0 Å². The van der Waals surface area contributed by atoms with E-state index in [1.807, 2.05) is 0 Å². The van der Waals surface area contributed by atoms with Crippen molar-refractivity contribution in [2.24, 2.45) is 0 Å². The molecule has 2 heterocycles. The van der Waals surface area contributed by atoms with Crippen molar-refractivity contribution in [2.75, 3.05) is 44.2 Å². The number of benzene rings is 1. The maximum atomic E-state index is 3.50. The number of rotatable bonds is 1. The van der Waals surface area contributed by atoms with E-state index in [0.29, 0.717) is 6.04 Å². The molecule has 1 unspecified atom stereocenters. The van der Waals surface area contributed by atoms with Gasteiger partial charge in [0.2, 0.25) is 0 Å². The maximum absolute atomic E-state index is 3.50. The fourth-order valence-corrected chi connectivity index (χ4v) is 3.01. The normalized spacial score (nSPS) is 25.7. The molecule has 2 aliphatic rings. The van der Waals surface area contributed by atoms with Crippen molar-refractivity contribution >= 4 is 5.69 Å². The molecule has 2 fully saturated rings. The van der Waals surface area contributed by atoms with E-state index in [1.54, 1.807) is 0 Å². The Labute approximate surface area is 103 Å². The summed E-state index contributed by atoms with van der Waals surface area (Å²) in [4.78, 5) is 5.18. The topological polar surface area (TPSA) is 18.5 Å². The summed E-state index contributed by atoms with van der Waals surface area (Å²) < 4.78 is 0. The second-order valence-electron chi connectivity index (χ2n) is 5.13. The van der Waals surface area contributed by atoms with Crippen molar-refractivity contribution in [3.63, 3.8) is 0 Å². The van der Waals surface area contributed by atoms with Crippen LogP contribution in [-0.2, 0) is 0 Å². The van der Waals surface area contributed by atoms with E-state index in [9.17, 15) is 0 Å². The zero-order valence-electron chi connectivity index (χ0n) is 10.5. The molecule has 0 radical (unpaired) electrons. The number of nitrogens with zero attached hydrogens (tertiary/aromatic N) is 2. The lowest BCUT2D eigenvalue weighted by Crippen LogP contribution is -2.61. The second kappa shape index (κ2) is 4.67. The molecule has 2 saturated heterocycles. The predicted octanol–water partition coefficient (Wildman–Crippen LogP) is 1.09. The van der Waals surface area contributed by atoms with Crippen LogP contribution in [0.1, 0.15) is 5.56 Å². The maximum Gasteiger partial charge on any atom is 0.0397 e. The molecule has 0 aliphatic carbocycles. The number of para-hydroxylation sites is 1. The number of anilines is 1. The smallest absolute Gasteiger partial charge is 0.0397 e. The highest BCUT2D eigenvalue weighted by molar-refractivity contribution is 5.53. The first-order valence-corrected chi connectivity index (χ1v) is 6.60. The standard InChI is InChI=1S/C14H21N3/c1-12-4-2-3-5-14(12)17-9-8-16-7-6-15-10-13(16)11-17/h2-5,13,15H,6-11H2,1H3. The molecule has 92 valence electrons. The Balaban J connectivity index is 1.76. The molecule has 1 N–H and O–H groups in total. The Morgan fingerprint density at radius 2 is 2.06 bits per heavy atom. The van der Waals surface area contributed by atoms with E-state index in [0.717, 1.165) is 19.6 Å². The van der Waals surface area contributed by atoms with Crippen LogP contribution in [0.5, 0.6) is 0 Å². The molecule has 0 spiro atoms. The molecule has 1 aromatic carbocycles. The monoisotopic (exact) mass is 231 g/mol. The predicted molar refractivity (Wildman–Crippen MR) is 71.6 cm³/mol. The van der Waals surface area contributed by atoms with Crippen molar-refractivity contribution in [3.05, 3.63) is 29.8 Å². The van der Waals surface area contributed by atoms with Gasteiger partial charge in [-0.1, -0.05) is 18.2 Å². The van der Waals surface area contributed by atoms with Gasteiger partial charge in [0.1, 0.15) is 0 Å². The molecule has 3 rings (SSSR count). The minimum absolute atomic E-state index is 0.692. The van der Waals surface area contributed by atoms with Crippen molar-refractivity contribution in [1.29, 1.82) is 0 Å². The lowest BCUT2D eigenvalue weighted by molar-refractivity contribution is 0.146. The average molecular weight is 231 g/mol. The largest absolute Gasteiger partial charge is 0.368 e. The van der Waals surface area contributed by atoms with Gasteiger partial charge in [0.05, 0.1) is 0 Å². The molecule has 0 saturated carbocycles. The summed E-state index contributed by atoms with van der Waals surface area (Å²) in [5, 5.41) is 3.50. The average Bonchev–Trinajstić information content (AvgIpc) is 2.39. The Hall–Kier alpha value is -1.06. The molecule has 2 aliphatic heterocycles. The molecule has 3 heteroatoms. The summed E-state index contributed by atoms with van der Waals surface area (Å²) in [6.07, 6.45) is 0. The van der Waals surface area contributed by atoms with Crippen molar-refractivity contribution in [1.82, 2.24) is 10.2 Å². The van der Waals surface area contributed by atoms with Gasteiger partial charge in [-0.25, -0.2) is 0 Å². The van der Waals surface area contributed by atoms with Crippen molar-refractivity contribution in [3.8, 4) is 0 Å².